The summed E-state index contributed by atoms with van der Waals surface area (Å²) in [6.07, 6.45) is 0. The van der Waals surface area contributed by atoms with Crippen LogP contribution in [0.1, 0.15) is 0 Å². The first-order chi connectivity index (χ1) is 10.3. The van der Waals surface area contributed by atoms with E-state index in [9.17, 15) is 4.21 Å². The van der Waals surface area contributed by atoms with Crippen molar-refractivity contribution in [3.63, 3.8) is 0 Å². The van der Waals surface area contributed by atoms with Crippen LogP contribution in [0.15, 0.2) is 69.9 Å². The highest BCUT2D eigenvalue weighted by Gasteiger charge is 2.24. The van der Waals surface area contributed by atoms with Gasteiger partial charge in [0.05, 0.1) is 23.8 Å². The van der Waals surface area contributed by atoms with Crippen LogP contribution in [-0.2, 0) is 14.7 Å². The number of rotatable bonds is 3. The van der Waals surface area contributed by atoms with E-state index in [0.29, 0.717) is 26.3 Å². The van der Waals surface area contributed by atoms with E-state index in [1.54, 1.807) is 0 Å². The van der Waals surface area contributed by atoms with Crippen LogP contribution < -0.4 is 0 Å². The Morgan fingerprint density at radius 3 is 2.10 bits per heavy atom. The number of morpholine rings is 1. The van der Waals surface area contributed by atoms with Crippen molar-refractivity contribution >= 4 is 15.6 Å². The molecular weight excluding hydrogens is 284 g/mol. The topological polar surface area (TPSA) is 41.9 Å². The molecular formula is C16H18N2O2S. The van der Waals surface area contributed by atoms with Gasteiger partial charge in [-0.3, -0.25) is 0 Å². The number of benzene rings is 2. The van der Waals surface area contributed by atoms with Gasteiger partial charge in [0.25, 0.3) is 0 Å². The number of nitrogens with zero attached hydrogens (tertiary/aromatic N) is 2. The molecule has 110 valence electrons. The summed E-state index contributed by atoms with van der Waals surface area (Å²) in [5, 5.41) is 0. The highest BCUT2D eigenvalue weighted by molar-refractivity contribution is 7.91. The molecule has 1 heterocycles. The third kappa shape index (κ3) is 3.15. The van der Waals surface area contributed by atoms with Crippen LogP contribution in [0.5, 0.6) is 0 Å². The van der Waals surface area contributed by atoms with Crippen LogP contribution in [0.25, 0.3) is 0 Å². The highest BCUT2D eigenvalue weighted by Crippen LogP contribution is 2.24. The van der Waals surface area contributed by atoms with Gasteiger partial charge in [0.1, 0.15) is 9.92 Å². The molecule has 1 aliphatic rings. The highest BCUT2D eigenvalue weighted by atomic mass is 32.2. The second kappa shape index (κ2) is 6.39. The number of ether oxygens (including phenoxy) is 1. The molecule has 0 aliphatic carbocycles. The SMILES string of the molecule is O=S(=Nc1ccccc1)(c1ccccc1)N1CCOCC1. The minimum absolute atomic E-state index is 0.591. The van der Waals surface area contributed by atoms with Crippen molar-refractivity contribution in [1.29, 1.82) is 0 Å². The lowest BCUT2D eigenvalue weighted by atomic mass is 10.3. The second-order valence-corrected chi connectivity index (χ2v) is 6.94. The molecule has 0 spiro atoms. The first-order valence-corrected chi connectivity index (χ1v) is 8.46. The van der Waals surface area contributed by atoms with Crippen molar-refractivity contribution in [2.24, 2.45) is 4.36 Å². The molecule has 0 radical (unpaired) electrons. The first-order valence-electron chi connectivity index (χ1n) is 6.99. The Hall–Kier alpha value is -1.69. The van der Waals surface area contributed by atoms with Gasteiger partial charge in [0.2, 0.25) is 0 Å². The molecule has 1 unspecified atom stereocenters. The average molecular weight is 302 g/mol. The third-order valence-electron chi connectivity index (χ3n) is 3.36. The molecule has 3 rings (SSSR count). The maximum atomic E-state index is 13.6. The van der Waals surface area contributed by atoms with E-state index in [1.807, 2.05) is 65.0 Å². The largest absolute Gasteiger partial charge is 0.379 e. The third-order valence-corrected chi connectivity index (χ3v) is 5.77. The molecule has 21 heavy (non-hydrogen) atoms. The second-order valence-electron chi connectivity index (χ2n) is 4.78. The van der Waals surface area contributed by atoms with Gasteiger partial charge in [-0.05, 0) is 24.3 Å². The molecule has 1 aliphatic heterocycles. The fourth-order valence-electron chi connectivity index (χ4n) is 2.28. The fourth-order valence-corrected chi connectivity index (χ4v) is 4.37. The van der Waals surface area contributed by atoms with Crippen LogP contribution in [0, 0.1) is 0 Å². The summed E-state index contributed by atoms with van der Waals surface area (Å²) >= 11 is 0. The molecule has 4 nitrogen and oxygen atoms in total. The summed E-state index contributed by atoms with van der Waals surface area (Å²) < 4.78 is 25.5. The number of hydrogen-bond donors (Lipinski definition) is 0. The monoisotopic (exact) mass is 302 g/mol. The predicted octanol–water partition coefficient (Wildman–Crippen LogP) is 3.09. The van der Waals surface area contributed by atoms with E-state index in [-0.39, 0.29) is 0 Å². The Bertz CT molecular complexity index is 689. The Balaban J connectivity index is 2.11. The number of hydrogen-bond acceptors (Lipinski definition) is 3. The molecule has 5 heteroatoms. The minimum Gasteiger partial charge on any atom is -0.379 e. The Kier molecular flexibility index (Phi) is 4.34. The molecule has 1 atom stereocenters. The fraction of sp³-hybridized carbons (Fsp3) is 0.250. The zero-order chi connectivity index (χ0) is 14.5. The van der Waals surface area contributed by atoms with Crippen LogP contribution in [-0.4, -0.2) is 34.8 Å². The quantitative estimate of drug-likeness (QED) is 0.874. The first kappa shape index (κ1) is 14.3. The van der Waals surface area contributed by atoms with E-state index in [2.05, 4.69) is 4.36 Å². The van der Waals surface area contributed by atoms with Crippen molar-refractivity contribution in [1.82, 2.24) is 4.31 Å². The summed E-state index contributed by atoms with van der Waals surface area (Å²) in [6.45, 7) is 2.44. The zero-order valence-electron chi connectivity index (χ0n) is 11.7. The average Bonchev–Trinajstić information content (AvgIpc) is 2.57. The summed E-state index contributed by atoms with van der Waals surface area (Å²) in [5.74, 6) is 0. The summed E-state index contributed by atoms with van der Waals surface area (Å²) in [5.41, 5.74) is 0.734. The van der Waals surface area contributed by atoms with E-state index in [0.717, 1.165) is 10.6 Å². The van der Waals surface area contributed by atoms with Crippen molar-refractivity contribution in [2.45, 2.75) is 4.90 Å². The lowest BCUT2D eigenvalue weighted by Gasteiger charge is -2.29. The van der Waals surface area contributed by atoms with Crippen molar-refractivity contribution in [2.75, 3.05) is 26.3 Å². The predicted molar refractivity (Wildman–Crippen MR) is 83.8 cm³/mol. The van der Waals surface area contributed by atoms with Gasteiger partial charge in [-0.25, -0.2) is 8.51 Å². The van der Waals surface area contributed by atoms with Crippen LogP contribution >= 0.6 is 0 Å². The lowest BCUT2D eigenvalue weighted by molar-refractivity contribution is 0.0745. The molecule has 1 saturated heterocycles. The summed E-state index contributed by atoms with van der Waals surface area (Å²) in [6, 6.07) is 19.0. The van der Waals surface area contributed by atoms with Gasteiger partial charge in [-0.15, -0.1) is 0 Å². The van der Waals surface area contributed by atoms with E-state index >= 15 is 0 Å². The van der Waals surface area contributed by atoms with Gasteiger partial charge in [-0.2, -0.15) is 4.36 Å². The van der Waals surface area contributed by atoms with Gasteiger partial charge in [0, 0.05) is 13.1 Å². The van der Waals surface area contributed by atoms with Crippen LogP contribution in [0.4, 0.5) is 5.69 Å². The van der Waals surface area contributed by atoms with Crippen molar-refractivity contribution in [3.8, 4) is 0 Å². The smallest absolute Gasteiger partial charge is 0.144 e. The lowest BCUT2D eigenvalue weighted by Crippen LogP contribution is -2.40. The molecule has 2 aromatic carbocycles. The molecule has 2 aromatic rings. The van der Waals surface area contributed by atoms with Gasteiger partial charge in [-0.1, -0.05) is 36.4 Å². The van der Waals surface area contributed by atoms with E-state index in [1.165, 1.54) is 0 Å². The molecule has 0 aromatic heterocycles. The molecule has 0 bridgehead atoms. The Morgan fingerprint density at radius 1 is 0.905 bits per heavy atom. The van der Waals surface area contributed by atoms with Crippen LogP contribution in [0.3, 0.4) is 0 Å². The van der Waals surface area contributed by atoms with Gasteiger partial charge < -0.3 is 4.74 Å². The Labute approximate surface area is 125 Å². The van der Waals surface area contributed by atoms with Crippen molar-refractivity contribution < 1.29 is 8.95 Å². The van der Waals surface area contributed by atoms with Gasteiger partial charge in [0.15, 0.2) is 0 Å². The summed E-state index contributed by atoms with van der Waals surface area (Å²) in [7, 11) is -2.64. The zero-order valence-corrected chi connectivity index (χ0v) is 12.5. The maximum absolute atomic E-state index is 13.6. The summed E-state index contributed by atoms with van der Waals surface area (Å²) in [4.78, 5) is 0.746. The van der Waals surface area contributed by atoms with E-state index in [4.69, 9.17) is 4.74 Å². The maximum Gasteiger partial charge on any atom is 0.144 e. The molecule has 0 amide bonds. The molecule has 1 fully saturated rings. The standard InChI is InChI=1S/C16H18N2O2S/c19-21(16-9-5-2-6-10-16,18-11-13-20-14-12-18)17-15-7-3-1-4-8-15/h1-10H,11-14H2. The molecule has 0 N–H and O–H groups in total. The molecule has 0 saturated carbocycles. The normalized spacial score (nSPS) is 18.9. The van der Waals surface area contributed by atoms with Crippen LogP contribution in [0.2, 0.25) is 0 Å². The Morgan fingerprint density at radius 2 is 1.48 bits per heavy atom. The van der Waals surface area contributed by atoms with Gasteiger partial charge >= 0.3 is 0 Å². The van der Waals surface area contributed by atoms with E-state index < -0.39 is 9.92 Å². The minimum atomic E-state index is -2.64. The van der Waals surface area contributed by atoms with Crippen molar-refractivity contribution in [3.05, 3.63) is 60.7 Å².